The second-order valence-electron chi connectivity index (χ2n) is 8.45. The molecule has 0 bridgehead atoms. The first-order valence-electron chi connectivity index (χ1n) is 11.4. The summed E-state index contributed by atoms with van der Waals surface area (Å²) < 4.78 is 5.24. The predicted octanol–water partition coefficient (Wildman–Crippen LogP) is 4.96. The van der Waals surface area contributed by atoms with Crippen molar-refractivity contribution in [2.45, 2.75) is 69.5 Å². The Morgan fingerprint density at radius 3 is 2.38 bits per heavy atom. The van der Waals surface area contributed by atoms with E-state index >= 15 is 0 Å². The van der Waals surface area contributed by atoms with Crippen LogP contribution in [0.25, 0.3) is 0 Å². The zero-order valence-corrected chi connectivity index (χ0v) is 20.1. The van der Waals surface area contributed by atoms with Crippen LogP contribution in [0.15, 0.2) is 53.4 Å². The van der Waals surface area contributed by atoms with Crippen molar-refractivity contribution < 1.29 is 14.3 Å². The second-order valence-corrected chi connectivity index (χ2v) is 9.62. The minimum atomic E-state index is -0.519. The molecule has 2 aromatic rings. The lowest BCUT2D eigenvalue weighted by molar-refractivity contribution is -0.140. The number of aryl methyl sites for hydroxylation is 1. The number of hydrogen-bond donors (Lipinski definition) is 1. The van der Waals surface area contributed by atoms with E-state index in [1.807, 2.05) is 31.2 Å². The summed E-state index contributed by atoms with van der Waals surface area (Å²) in [5, 5.41) is 3.15. The van der Waals surface area contributed by atoms with Gasteiger partial charge in [-0.25, -0.2) is 0 Å². The van der Waals surface area contributed by atoms with Crippen LogP contribution in [-0.4, -0.2) is 41.7 Å². The zero-order valence-electron chi connectivity index (χ0n) is 19.3. The molecule has 6 heteroatoms. The van der Waals surface area contributed by atoms with Gasteiger partial charge in [0.1, 0.15) is 11.8 Å². The van der Waals surface area contributed by atoms with E-state index in [1.54, 1.807) is 23.8 Å². The quantitative estimate of drug-likeness (QED) is 0.516. The van der Waals surface area contributed by atoms with Crippen LogP contribution in [0.3, 0.4) is 0 Å². The molecule has 1 aliphatic carbocycles. The molecule has 32 heavy (non-hydrogen) atoms. The highest BCUT2D eigenvalue weighted by molar-refractivity contribution is 7.99. The third-order valence-electron chi connectivity index (χ3n) is 5.99. The predicted molar refractivity (Wildman–Crippen MR) is 130 cm³/mol. The molecule has 0 aliphatic heterocycles. The molecule has 0 radical (unpaired) electrons. The van der Waals surface area contributed by atoms with Crippen LogP contribution in [0.4, 0.5) is 0 Å². The highest BCUT2D eigenvalue weighted by Gasteiger charge is 2.28. The van der Waals surface area contributed by atoms with Crippen molar-refractivity contribution in [1.29, 1.82) is 0 Å². The Bertz CT molecular complexity index is 877. The average Bonchev–Trinajstić information content (AvgIpc) is 3.31. The van der Waals surface area contributed by atoms with Crippen LogP contribution in [-0.2, 0) is 16.1 Å². The molecule has 5 nitrogen and oxygen atoms in total. The number of amides is 2. The Kier molecular flexibility index (Phi) is 9.03. The number of benzene rings is 2. The molecule has 0 heterocycles. The number of ether oxygens (including phenoxy) is 1. The molecule has 1 N–H and O–H groups in total. The molecule has 172 valence electrons. The number of carbonyl (C=O) groups excluding carboxylic acids is 2. The first-order chi connectivity index (χ1) is 15.5. The fourth-order valence-corrected chi connectivity index (χ4v) is 4.78. The number of hydrogen-bond acceptors (Lipinski definition) is 4. The van der Waals surface area contributed by atoms with E-state index in [1.165, 1.54) is 5.56 Å². The molecule has 0 saturated heterocycles. The molecule has 0 spiro atoms. The topological polar surface area (TPSA) is 58.6 Å². The maximum Gasteiger partial charge on any atom is 0.242 e. The van der Waals surface area contributed by atoms with Crippen molar-refractivity contribution in [2.24, 2.45) is 0 Å². The van der Waals surface area contributed by atoms with Crippen molar-refractivity contribution >= 4 is 23.6 Å². The monoisotopic (exact) mass is 454 g/mol. The number of thioether (sulfide) groups is 1. The molecule has 1 fully saturated rings. The largest absolute Gasteiger partial charge is 0.497 e. The van der Waals surface area contributed by atoms with Crippen LogP contribution in [0.2, 0.25) is 0 Å². The number of nitrogens with zero attached hydrogens (tertiary/aromatic N) is 1. The van der Waals surface area contributed by atoms with Gasteiger partial charge in [-0.2, -0.15) is 0 Å². The van der Waals surface area contributed by atoms with Gasteiger partial charge in [0.05, 0.1) is 7.11 Å². The van der Waals surface area contributed by atoms with Gasteiger partial charge in [-0.3, -0.25) is 9.59 Å². The van der Waals surface area contributed by atoms with E-state index in [9.17, 15) is 9.59 Å². The second kappa shape index (κ2) is 12.0. The van der Waals surface area contributed by atoms with Gasteiger partial charge in [0.25, 0.3) is 0 Å². The van der Waals surface area contributed by atoms with Crippen LogP contribution in [0.1, 0.15) is 50.2 Å². The Labute approximate surface area is 195 Å². The van der Waals surface area contributed by atoms with Gasteiger partial charge < -0.3 is 15.0 Å². The smallest absolute Gasteiger partial charge is 0.242 e. The van der Waals surface area contributed by atoms with Gasteiger partial charge in [0.15, 0.2) is 0 Å². The summed E-state index contributed by atoms with van der Waals surface area (Å²) in [6.07, 6.45) is 4.75. The van der Waals surface area contributed by atoms with E-state index in [2.05, 4.69) is 36.5 Å². The first-order valence-corrected chi connectivity index (χ1v) is 12.4. The van der Waals surface area contributed by atoms with E-state index in [0.717, 1.165) is 41.9 Å². The fourth-order valence-electron chi connectivity index (χ4n) is 3.94. The van der Waals surface area contributed by atoms with Gasteiger partial charge in [-0.1, -0.05) is 42.7 Å². The zero-order chi connectivity index (χ0) is 22.9. The van der Waals surface area contributed by atoms with Crippen molar-refractivity contribution in [3.8, 4) is 5.75 Å². The van der Waals surface area contributed by atoms with E-state index < -0.39 is 6.04 Å². The molecule has 1 atom stereocenters. The lowest BCUT2D eigenvalue weighted by Crippen LogP contribution is -2.49. The lowest BCUT2D eigenvalue weighted by Gasteiger charge is -2.30. The molecule has 3 rings (SSSR count). The Morgan fingerprint density at radius 2 is 1.75 bits per heavy atom. The van der Waals surface area contributed by atoms with Gasteiger partial charge >= 0.3 is 0 Å². The lowest BCUT2D eigenvalue weighted by atomic mass is 10.1. The fraction of sp³-hybridized carbons (Fsp3) is 0.462. The molecular formula is C26H34N2O3S. The average molecular weight is 455 g/mol. The van der Waals surface area contributed by atoms with E-state index in [0.29, 0.717) is 18.7 Å². The third kappa shape index (κ3) is 7.02. The van der Waals surface area contributed by atoms with Crippen LogP contribution in [0.5, 0.6) is 5.75 Å². The normalized spacial score (nSPS) is 14.7. The van der Waals surface area contributed by atoms with Crippen molar-refractivity contribution in [1.82, 2.24) is 10.2 Å². The van der Waals surface area contributed by atoms with Crippen molar-refractivity contribution in [2.75, 3.05) is 12.9 Å². The summed E-state index contributed by atoms with van der Waals surface area (Å²) >= 11 is 1.67. The number of carbonyl (C=O) groups is 2. The first kappa shape index (κ1) is 24.2. The Balaban J connectivity index is 1.65. The molecule has 0 aromatic heterocycles. The van der Waals surface area contributed by atoms with E-state index in [4.69, 9.17) is 4.74 Å². The maximum absolute atomic E-state index is 13.2. The Morgan fingerprint density at radius 1 is 1.09 bits per heavy atom. The van der Waals surface area contributed by atoms with Crippen LogP contribution in [0, 0.1) is 6.92 Å². The number of nitrogens with one attached hydrogen (secondary N) is 1. The van der Waals surface area contributed by atoms with Crippen molar-refractivity contribution in [3.05, 3.63) is 59.7 Å². The van der Waals surface area contributed by atoms with E-state index in [-0.39, 0.29) is 17.9 Å². The summed E-state index contributed by atoms with van der Waals surface area (Å²) in [5.74, 6) is 1.38. The minimum absolute atomic E-state index is 0.00509. The standard InChI is InChI=1S/C26H34N2O3S/c1-19-8-14-24(15-9-19)32-17-16-25(29)28(18-21-10-12-23(31-3)13-11-21)20(2)26(30)27-22-6-4-5-7-22/h8-15,20,22H,4-7,16-18H2,1-3H3,(H,27,30)/t20-/m1/s1. The molecule has 2 amide bonds. The molecule has 2 aromatic carbocycles. The summed E-state index contributed by atoms with van der Waals surface area (Å²) in [6.45, 7) is 4.29. The highest BCUT2D eigenvalue weighted by atomic mass is 32.2. The highest BCUT2D eigenvalue weighted by Crippen LogP contribution is 2.22. The summed E-state index contributed by atoms with van der Waals surface area (Å²) in [5.41, 5.74) is 2.20. The number of methoxy groups -OCH3 is 1. The maximum atomic E-state index is 13.2. The van der Waals surface area contributed by atoms with Gasteiger partial charge in [-0.05, 0) is 56.5 Å². The third-order valence-corrected chi connectivity index (χ3v) is 7.00. The molecule has 1 aliphatic rings. The van der Waals surface area contributed by atoms with Gasteiger partial charge in [0, 0.05) is 29.7 Å². The summed E-state index contributed by atoms with van der Waals surface area (Å²) in [6, 6.07) is 15.7. The summed E-state index contributed by atoms with van der Waals surface area (Å²) in [4.78, 5) is 29.0. The van der Waals surface area contributed by atoms with Crippen LogP contribution < -0.4 is 10.1 Å². The SMILES string of the molecule is COc1ccc(CN(C(=O)CCSc2ccc(C)cc2)[C@H](C)C(=O)NC2CCCC2)cc1. The molecular weight excluding hydrogens is 420 g/mol. The molecule has 0 unspecified atom stereocenters. The number of rotatable bonds is 10. The van der Waals surface area contributed by atoms with Gasteiger partial charge in [0.2, 0.25) is 11.8 Å². The van der Waals surface area contributed by atoms with Crippen molar-refractivity contribution in [3.63, 3.8) is 0 Å². The Hall–Kier alpha value is -2.47. The minimum Gasteiger partial charge on any atom is -0.497 e. The molecule has 1 saturated carbocycles. The van der Waals surface area contributed by atoms with Crippen LogP contribution >= 0.6 is 11.8 Å². The van der Waals surface area contributed by atoms with Gasteiger partial charge in [-0.15, -0.1) is 11.8 Å². The summed E-state index contributed by atoms with van der Waals surface area (Å²) in [7, 11) is 1.63.